The number of amides is 1. The number of methoxy groups -OCH3 is 1. The number of pyridine rings is 1. The first kappa shape index (κ1) is 17.7. The standard InChI is InChI=1S/C18H28N2O3/c1-6-16-14(8-7-9-23-16)18(21)20(4)11-15-13(3)17(22-5)12(2)10-19-15/h10,14,16H,6-9,11H2,1-5H3. The Balaban J connectivity index is 2.12. The Morgan fingerprint density at radius 2 is 2.22 bits per heavy atom. The Bertz CT molecular complexity index is 559. The zero-order valence-corrected chi connectivity index (χ0v) is 14.9. The minimum absolute atomic E-state index is 0.0357. The molecule has 1 aliphatic heterocycles. The Hall–Kier alpha value is -1.62. The summed E-state index contributed by atoms with van der Waals surface area (Å²) in [5, 5.41) is 0. The second-order valence-corrected chi connectivity index (χ2v) is 6.31. The van der Waals surface area contributed by atoms with Crippen LogP contribution in [0.2, 0.25) is 0 Å². The minimum atomic E-state index is -0.0357. The molecule has 128 valence electrons. The molecule has 1 aromatic rings. The molecule has 5 nitrogen and oxygen atoms in total. The smallest absolute Gasteiger partial charge is 0.228 e. The van der Waals surface area contributed by atoms with Crippen LogP contribution in [0.3, 0.4) is 0 Å². The van der Waals surface area contributed by atoms with Crippen molar-refractivity contribution in [3.63, 3.8) is 0 Å². The predicted octanol–water partition coefficient (Wildman–Crippen LogP) is 2.87. The summed E-state index contributed by atoms with van der Waals surface area (Å²) in [5.41, 5.74) is 2.89. The summed E-state index contributed by atoms with van der Waals surface area (Å²) in [7, 11) is 3.51. The van der Waals surface area contributed by atoms with Crippen LogP contribution in [-0.4, -0.2) is 42.7 Å². The molecule has 0 bridgehead atoms. The van der Waals surface area contributed by atoms with Crippen molar-refractivity contribution in [2.45, 2.75) is 52.7 Å². The van der Waals surface area contributed by atoms with Crippen molar-refractivity contribution in [1.82, 2.24) is 9.88 Å². The van der Waals surface area contributed by atoms with Gasteiger partial charge in [-0.25, -0.2) is 0 Å². The van der Waals surface area contributed by atoms with E-state index in [4.69, 9.17) is 9.47 Å². The van der Waals surface area contributed by atoms with Gasteiger partial charge in [-0.3, -0.25) is 9.78 Å². The average Bonchev–Trinajstić information content (AvgIpc) is 2.57. The van der Waals surface area contributed by atoms with E-state index in [-0.39, 0.29) is 17.9 Å². The molecule has 0 aromatic carbocycles. The summed E-state index contributed by atoms with van der Waals surface area (Å²) in [6, 6.07) is 0. The van der Waals surface area contributed by atoms with Crippen molar-refractivity contribution < 1.29 is 14.3 Å². The van der Waals surface area contributed by atoms with Gasteiger partial charge in [0.05, 0.1) is 31.4 Å². The second-order valence-electron chi connectivity index (χ2n) is 6.31. The largest absolute Gasteiger partial charge is 0.496 e. The number of ether oxygens (including phenoxy) is 2. The maximum Gasteiger partial charge on any atom is 0.228 e. The van der Waals surface area contributed by atoms with Crippen LogP contribution in [0, 0.1) is 19.8 Å². The van der Waals surface area contributed by atoms with E-state index < -0.39 is 0 Å². The number of rotatable bonds is 5. The normalized spacial score (nSPS) is 21.1. The Morgan fingerprint density at radius 1 is 1.48 bits per heavy atom. The molecule has 2 rings (SSSR count). The van der Waals surface area contributed by atoms with Gasteiger partial charge in [-0.15, -0.1) is 0 Å². The number of aryl methyl sites for hydroxylation is 1. The quantitative estimate of drug-likeness (QED) is 0.837. The van der Waals surface area contributed by atoms with Crippen molar-refractivity contribution in [2.24, 2.45) is 5.92 Å². The maximum absolute atomic E-state index is 12.8. The lowest BCUT2D eigenvalue weighted by Crippen LogP contribution is -2.42. The number of hydrogen-bond donors (Lipinski definition) is 0. The highest BCUT2D eigenvalue weighted by atomic mass is 16.5. The van der Waals surface area contributed by atoms with Crippen molar-refractivity contribution in [1.29, 1.82) is 0 Å². The molecule has 1 aliphatic rings. The highest BCUT2D eigenvalue weighted by molar-refractivity contribution is 5.79. The fraction of sp³-hybridized carbons (Fsp3) is 0.667. The zero-order chi connectivity index (χ0) is 17.0. The van der Waals surface area contributed by atoms with Crippen LogP contribution in [0.15, 0.2) is 6.20 Å². The van der Waals surface area contributed by atoms with E-state index in [1.165, 1.54) is 0 Å². The van der Waals surface area contributed by atoms with Crippen molar-refractivity contribution in [3.8, 4) is 5.75 Å². The Morgan fingerprint density at radius 3 is 2.87 bits per heavy atom. The molecule has 5 heteroatoms. The Labute approximate surface area is 139 Å². The number of hydrogen-bond acceptors (Lipinski definition) is 4. The lowest BCUT2D eigenvalue weighted by Gasteiger charge is -2.33. The molecule has 1 amide bonds. The summed E-state index contributed by atoms with van der Waals surface area (Å²) in [5.74, 6) is 0.965. The van der Waals surface area contributed by atoms with Gasteiger partial charge in [0.25, 0.3) is 0 Å². The van der Waals surface area contributed by atoms with E-state index in [0.29, 0.717) is 6.54 Å². The third-order valence-corrected chi connectivity index (χ3v) is 4.67. The van der Waals surface area contributed by atoms with E-state index in [1.807, 2.05) is 20.9 Å². The summed E-state index contributed by atoms with van der Waals surface area (Å²) in [6.45, 7) is 7.30. The molecule has 0 aliphatic carbocycles. The van der Waals surface area contributed by atoms with Gasteiger partial charge in [0.2, 0.25) is 5.91 Å². The van der Waals surface area contributed by atoms with Gasteiger partial charge in [0.15, 0.2) is 0 Å². The maximum atomic E-state index is 12.8. The molecule has 0 saturated carbocycles. The Kier molecular flexibility index (Phi) is 5.99. The summed E-state index contributed by atoms with van der Waals surface area (Å²) < 4.78 is 11.2. The molecule has 2 unspecified atom stereocenters. The van der Waals surface area contributed by atoms with E-state index >= 15 is 0 Å². The monoisotopic (exact) mass is 320 g/mol. The fourth-order valence-corrected chi connectivity index (χ4v) is 3.34. The van der Waals surface area contributed by atoms with E-state index in [1.54, 1.807) is 18.2 Å². The van der Waals surface area contributed by atoms with Crippen LogP contribution in [0.1, 0.15) is 43.0 Å². The highest BCUT2D eigenvalue weighted by Gasteiger charge is 2.32. The summed E-state index contributed by atoms with van der Waals surface area (Å²) in [4.78, 5) is 19.0. The fourth-order valence-electron chi connectivity index (χ4n) is 3.34. The molecular formula is C18H28N2O3. The number of carbonyl (C=O) groups is 1. The third-order valence-electron chi connectivity index (χ3n) is 4.67. The first-order valence-corrected chi connectivity index (χ1v) is 8.35. The van der Waals surface area contributed by atoms with Gasteiger partial charge in [-0.2, -0.15) is 0 Å². The van der Waals surface area contributed by atoms with Gasteiger partial charge >= 0.3 is 0 Å². The molecule has 0 radical (unpaired) electrons. The second kappa shape index (κ2) is 7.77. The molecule has 1 fully saturated rings. The number of nitrogens with zero attached hydrogens (tertiary/aromatic N) is 2. The molecule has 1 saturated heterocycles. The third kappa shape index (κ3) is 3.83. The molecule has 0 N–H and O–H groups in total. The van der Waals surface area contributed by atoms with E-state index in [2.05, 4.69) is 11.9 Å². The van der Waals surface area contributed by atoms with Crippen molar-refractivity contribution >= 4 is 5.91 Å². The predicted molar refractivity (Wildman–Crippen MR) is 89.5 cm³/mol. The lowest BCUT2D eigenvalue weighted by atomic mass is 9.91. The zero-order valence-electron chi connectivity index (χ0n) is 14.9. The van der Waals surface area contributed by atoms with Crippen LogP contribution in [0.5, 0.6) is 5.75 Å². The molecule has 2 atom stereocenters. The number of carbonyl (C=O) groups excluding carboxylic acids is 1. The lowest BCUT2D eigenvalue weighted by molar-refractivity contribution is -0.144. The summed E-state index contributed by atoms with van der Waals surface area (Å²) >= 11 is 0. The first-order chi connectivity index (χ1) is 11.0. The first-order valence-electron chi connectivity index (χ1n) is 8.35. The van der Waals surface area contributed by atoms with Crippen molar-refractivity contribution in [2.75, 3.05) is 20.8 Å². The number of aromatic nitrogens is 1. The van der Waals surface area contributed by atoms with Gasteiger partial charge in [-0.1, -0.05) is 6.92 Å². The van der Waals surface area contributed by atoms with Crippen LogP contribution < -0.4 is 4.74 Å². The molecular weight excluding hydrogens is 292 g/mol. The topological polar surface area (TPSA) is 51.7 Å². The molecule has 0 spiro atoms. The van der Waals surface area contributed by atoms with Crippen molar-refractivity contribution in [3.05, 3.63) is 23.0 Å². The van der Waals surface area contributed by atoms with Crippen LogP contribution >= 0.6 is 0 Å². The van der Waals surface area contributed by atoms with Gasteiger partial charge in [0.1, 0.15) is 5.75 Å². The minimum Gasteiger partial charge on any atom is -0.496 e. The van der Waals surface area contributed by atoms with Gasteiger partial charge < -0.3 is 14.4 Å². The molecule has 1 aromatic heterocycles. The highest BCUT2D eigenvalue weighted by Crippen LogP contribution is 2.27. The van der Waals surface area contributed by atoms with Gasteiger partial charge in [0, 0.05) is 31.0 Å². The molecule has 2 heterocycles. The van der Waals surface area contributed by atoms with E-state index in [0.717, 1.165) is 48.4 Å². The van der Waals surface area contributed by atoms with Crippen LogP contribution in [-0.2, 0) is 16.1 Å². The average molecular weight is 320 g/mol. The summed E-state index contributed by atoms with van der Waals surface area (Å²) in [6.07, 6.45) is 4.58. The molecule has 23 heavy (non-hydrogen) atoms. The van der Waals surface area contributed by atoms with E-state index in [9.17, 15) is 4.79 Å². The van der Waals surface area contributed by atoms with Gasteiger partial charge in [-0.05, 0) is 33.1 Å². The SMILES string of the molecule is CCC1OCCCC1C(=O)N(C)Cc1ncc(C)c(OC)c1C. The van der Waals surface area contributed by atoms with Crippen LogP contribution in [0.4, 0.5) is 0 Å². The van der Waals surface area contributed by atoms with Crippen LogP contribution in [0.25, 0.3) is 0 Å².